The molecule has 0 aliphatic carbocycles. The largest absolute Gasteiger partial charge is 0.480 e. The highest BCUT2D eigenvalue weighted by atomic mass is 35.5. The van der Waals surface area contributed by atoms with Gasteiger partial charge in [0.2, 0.25) is 0 Å². The quantitative estimate of drug-likeness (QED) is 0.829. The molecule has 0 aromatic heterocycles. The van der Waals surface area contributed by atoms with Crippen molar-refractivity contribution < 1.29 is 9.90 Å². The summed E-state index contributed by atoms with van der Waals surface area (Å²) in [6.07, 6.45) is 7.27. The summed E-state index contributed by atoms with van der Waals surface area (Å²) in [5.74, 6) is 1.73. The smallest absolute Gasteiger partial charge is 0.317 e. The van der Waals surface area contributed by atoms with Crippen LogP contribution in [0.25, 0.3) is 5.57 Å². The molecule has 1 aromatic carbocycles. The van der Waals surface area contributed by atoms with E-state index in [1.54, 1.807) is 24.1 Å². The Balaban J connectivity index is 2.75. The Morgan fingerprint density at radius 1 is 1.50 bits per heavy atom. The number of rotatable bonds is 5. The van der Waals surface area contributed by atoms with Crippen molar-refractivity contribution in [2.45, 2.75) is 0 Å². The average molecular weight is 264 g/mol. The van der Waals surface area contributed by atoms with Gasteiger partial charge < -0.3 is 5.11 Å². The van der Waals surface area contributed by atoms with Gasteiger partial charge in [0.1, 0.15) is 0 Å². The van der Waals surface area contributed by atoms with Gasteiger partial charge in [0, 0.05) is 17.1 Å². The molecule has 0 aliphatic rings. The number of carbonyl (C=O) groups is 1. The van der Waals surface area contributed by atoms with Crippen molar-refractivity contribution in [3.63, 3.8) is 0 Å². The molecule has 0 saturated carbocycles. The van der Waals surface area contributed by atoms with Crippen LogP contribution < -0.4 is 0 Å². The van der Waals surface area contributed by atoms with Crippen molar-refractivity contribution in [2.24, 2.45) is 0 Å². The zero-order chi connectivity index (χ0) is 13.5. The van der Waals surface area contributed by atoms with Crippen LogP contribution in [0.1, 0.15) is 5.56 Å². The molecule has 4 heteroatoms. The molecular formula is C14H14ClNO2. The lowest BCUT2D eigenvalue weighted by atomic mass is 10.1. The molecule has 1 rings (SSSR count). The lowest BCUT2D eigenvalue weighted by molar-refractivity contribution is -0.137. The highest BCUT2D eigenvalue weighted by Gasteiger charge is 2.03. The van der Waals surface area contributed by atoms with Gasteiger partial charge in [0.25, 0.3) is 0 Å². The maximum absolute atomic E-state index is 10.5. The van der Waals surface area contributed by atoms with Crippen LogP contribution in [0.2, 0.25) is 5.02 Å². The molecular weight excluding hydrogens is 250 g/mol. The number of benzene rings is 1. The first kappa shape index (κ1) is 14.3. The Bertz CT molecular complexity index is 486. The first-order valence-electron chi connectivity index (χ1n) is 5.36. The molecule has 1 N–H and O–H groups in total. The summed E-state index contributed by atoms with van der Waals surface area (Å²) < 4.78 is 0. The molecule has 0 unspecified atom stereocenters. The molecule has 18 heavy (non-hydrogen) atoms. The number of nitrogens with zero attached hydrogens (tertiary/aromatic N) is 1. The summed E-state index contributed by atoms with van der Waals surface area (Å²) in [6, 6.07) is 7.21. The van der Waals surface area contributed by atoms with E-state index >= 15 is 0 Å². The van der Waals surface area contributed by atoms with Crippen molar-refractivity contribution in [3.8, 4) is 12.3 Å². The summed E-state index contributed by atoms with van der Waals surface area (Å²) in [5.41, 5.74) is 1.62. The van der Waals surface area contributed by atoms with Crippen LogP contribution in [-0.4, -0.2) is 36.1 Å². The van der Waals surface area contributed by atoms with E-state index in [0.717, 1.165) is 11.1 Å². The number of carboxylic acid groups (broad SMARTS) is 1. The van der Waals surface area contributed by atoms with E-state index in [2.05, 4.69) is 5.92 Å². The standard InChI is InChI=1S/C14H14ClNO2/c1-3-11(8-9-16(2)10-14(17)18)12-4-6-13(15)7-5-12/h1,4-8H,9-10H2,2H3,(H,17,18). The lowest BCUT2D eigenvalue weighted by Gasteiger charge is -2.11. The Hall–Kier alpha value is -1.76. The first-order valence-corrected chi connectivity index (χ1v) is 5.73. The van der Waals surface area contributed by atoms with Gasteiger partial charge in [-0.05, 0) is 24.7 Å². The van der Waals surface area contributed by atoms with Gasteiger partial charge >= 0.3 is 5.97 Å². The van der Waals surface area contributed by atoms with Crippen LogP contribution in [-0.2, 0) is 4.79 Å². The predicted octanol–water partition coefficient (Wildman–Crippen LogP) is 2.37. The fraction of sp³-hybridized carbons (Fsp3) is 0.214. The SMILES string of the molecule is C#CC(=CCN(C)CC(=O)O)c1ccc(Cl)cc1. The predicted molar refractivity (Wildman–Crippen MR) is 73.4 cm³/mol. The molecule has 0 fully saturated rings. The summed E-state index contributed by atoms with van der Waals surface area (Å²) in [6.45, 7) is 0.462. The molecule has 0 saturated heterocycles. The second-order valence-corrected chi connectivity index (χ2v) is 4.30. The van der Waals surface area contributed by atoms with Crippen molar-refractivity contribution >= 4 is 23.1 Å². The highest BCUT2D eigenvalue weighted by Crippen LogP contribution is 2.16. The Kier molecular flexibility index (Phi) is 5.44. The number of halogens is 1. The van der Waals surface area contributed by atoms with Crippen molar-refractivity contribution in [3.05, 3.63) is 40.9 Å². The van der Waals surface area contributed by atoms with E-state index in [0.29, 0.717) is 11.6 Å². The highest BCUT2D eigenvalue weighted by molar-refractivity contribution is 6.30. The fourth-order valence-electron chi connectivity index (χ4n) is 1.43. The summed E-state index contributed by atoms with van der Waals surface area (Å²) >= 11 is 5.80. The Morgan fingerprint density at radius 3 is 2.61 bits per heavy atom. The van der Waals surface area contributed by atoms with Crippen LogP contribution in [0.15, 0.2) is 30.3 Å². The molecule has 0 bridgehead atoms. The van der Waals surface area contributed by atoms with Crippen molar-refractivity contribution in [1.82, 2.24) is 4.90 Å². The first-order chi connectivity index (χ1) is 8.52. The zero-order valence-corrected chi connectivity index (χ0v) is 10.8. The van der Waals surface area contributed by atoms with Gasteiger partial charge in [-0.2, -0.15) is 0 Å². The van der Waals surface area contributed by atoms with Crippen LogP contribution in [0.5, 0.6) is 0 Å². The third-order valence-electron chi connectivity index (χ3n) is 2.32. The van der Waals surface area contributed by atoms with E-state index in [1.165, 1.54) is 0 Å². The normalized spacial score (nSPS) is 11.3. The number of hydrogen-bond donors (Lipinski definition) is 1. The number of terminal acetylenes is 1. The molecule has 0 amide bonds. The molecule has 1 aromatic rings. The number of allylic oxidation sites excluding steroid dienone is 1. The van der Waals surface area contributed by atoms with Crippen LogP contribution in [0, 0.1) is 12.3 Å². The number of likely N-dealkylation sites (N-methyl/N-ethyl adjacent to an activating group) is 1. The van der Waals surface area contributed by atoms with Gasteiger partial charge in [0.15, 0.2) is 0 Å². The van der Waals surface area contributed by atoms with Crippen LogP contribution >= 0.6 is 11.6 Å². The molecule has 3 nitrogen and oxygen atoms in total. The Labute approximate surface area is 112 Å². The van der Waals surface area contributed by atoms with E-state index in [1.807, 2.05) is 18.2 Å². The minimum absolute atomic E-state index is 0.0189. The molecule has 0 radical (unpaired) electrons. The number of carboxylic acids is 1. The van der Waals surface area contributed by atoms with Crippen LogP contribution in [0.3, 0.4) is 0 Å². The maximum Gasteiger partial charge on any atom is 0.317 e. The van der Waals surface area contributed by atoms with E-state index in [9.17, 15) is 4.79 Å². The molecule has 0 heterocycles. The minimum Gasteiger partial charge on any atom is -0.480 e. The number of hydrogen-bond acceptors (Lipinski definition) is 2. The van der Waals surface area contributed by atoms with E-state index < -0.39 is 5.97 Å². The molecule has 0 spiro atoms. The third kappa shape index (κ3) is 4.62. The summed E-state index contributed by atoms with van der Waals surface area (Å²) in [4.78, 5) is 12.2. The molecule has 0 aliphatic heterocycles. The fourth-order valence-corrected chi connectivity index (χ4v) is 1.56. The Morgan fingerprint density at radius 2 is 2.11 bits per heavy atom. The van der Waals surface area contributed by atoms with Gasteiger partial charge in [0.05, 0.1) is 6.54 Å². The monoisotopic (exact) mass is 263 g/mol. The van der Waals surface area contributed by atoms with Crippen molar-refractivity contribution in [1.29, 1.82) is 0 Å². The summed E-state index contributed by atoms with van der Waals surface area (Å²) in [7, 11) is 1.72. The number of aliphatic carboxylic acids is 1. The average Bonchev–Trinajstić information content (AvgIpc) is 2.31. The maximum atomic E-state index is 10.5. The lowest BCUT2D eigenvalue weighted by Crippen LogP contribution is -2.25. The van der Waals surface area contributed by atoms with Gasteiger partial charge in [-0.1, -0.05) is 35.7 Å². The summed E-state index contributed by atoms with van der Waals surface area (Å²) in [5, 5.41) is 9.29. The zero-order valence-electron chi connectivity index (χ0n) is 10.1. The van der Waals surface area contributed by atoms with Crippen LogP contribution in [0.4, 0.5) is 0 Å². The van der Waals surface area contributed by atoms with E-state index in [-0.39, 0.29) is 6.54 Å². The van der Waals surface area contributed by atoms with Gasteiger partial charge in [-0.15, -0.1) is 6.42 Å². The van der Waals surface area contributed by atoms with Gasteiger partial charge in [-0.3, -0.25) is 9.69 Å². The minimum atomic E-state index is -0.861. The second kappa shape index (κ2) is 6.85. The second-order valence-electron chi connectivity index (χ2n) is 3.86. The van der Waals surface area contributed by atoms with E-state index in [4.69, 9.17) is 23.1 Å². The van der Waals surface area contributed by atoms with Gasteiger partial charge in [-0.25, -0.2) is 0 Å². The molecule has 94 valence electrons. The third-order valence-corrected chi connectivity index (χ3v) is 2.57. The molecule has 0 atom stereocenters. The topological polar surface area (TPSA) is 40.5 Å². The van der Waals surface area contributed by atoms with Crippen molar-refractivity contribution in [2.75, 3.05) is 20.1 Å².